The van der Waals surface area contributed by atoms with Crippen molar-refractivity contribution in [3.63, 3.8) is 0 Å². The first-order valence-corrected chi connectivity index (χ1v) is 10.5. The molecule has 0 radical (unpaired) electrons. The zero-order valence-electron chi connectivity index (χ0n) is 13.9. The average molecular weight is 382 g/mol. The number of hydrogen-bond acceptors (Lipinski definition) is 7. The largest absolute Gasteiger partial charge is 0.335 e. The highest BCUT2D eigenvalue weighted by Crippen LogP contribution is 2.20. The fourth-order valence-corrected chi connectivity index (χ4v) is 5.22. The maximum Gasteiger partial charge on any atom is 0.264 e. The SMILES string of the molecule is CCN(C(=O)c1cnc(-c2csc(C)n2)[nH]c1=O)C1CCS(=O)(=O)C1. The van der Waals surface area contributed by atoms with E-state index in [0.29, 0.717) is 24.5 Å². The topological polar surface area (TPSA) is 113 Å². The normalized spacial score (nSPS) is 19.0. The predicted molar refractivity (Wildman–Crippen MR) is 94.5 cm³/mol. The van der Waals surface area contributed by atoms with Crippen LogP contribution in [-0.4, -0.2) is 58.3 Å². The van der Waals surface area contributed by atoms with Gasteiger partial charge in [-0.3, -0.25) is 9.59 Å². The lowest BCUT2D eigenvalue weighted by Crippen LogP contribution is -2.43. The van der Waals surface area contributed by atoms with Crippen LogP contribution >= 0.6 is 11.3 Å². The Morgan fingerprint density at radius 1 is 1.48 bits per heavy atom. The quantitative estimate of drug-likeness (QED) is 0.839. The molecule has 2 aromatic heterocycles. The molecule has 1 fully saturated rings. The van der Waals surface area contributed by atoms with Gasteiger partial charge in [-0.2, -0.15) is 0 Å². The monoisotopic (exact) mass is 382 g/mol. The molecule has 8 nitrogen and oxygen atoms in total. The third kappa shape index (κ3) is 3.64. The van der Waals surface area contributed by atoms with Crippen molar-refractivity contribution >= 4 is 27.1 Å². The molecule has 0 spiro atoms. The van der Waals surface area contributed by atoms with Crippen LogP contribution in [-0.2, 0) is 9.84 Å². The molecule has 0 aromatic carbocycles. The van der Waals surface area contributed by atoms with E-state index in [2.05, 4.69) is 15.0 Å². The van der Waals surface area contributed by atoms with Crippen LogP contribution in [0.4, 0.5) is 0 Å². The summed E-state index contributed by atoms with van der Waals surface area (Å²) in [4.78, 5) is 37.5. The lowest BCUT2D eigenvalue weighted by molar-refractivity contribution is 0.0706. The van der Waals surface area contributed by atoms with E-state index in [0.717, 1.165) is 5.01 Å². The van der Waals surface area contributed by atoms with Crippen molar-refractivity contribution in [1.82, 2.24) is 19.9 Å². The van der Waals surface area contributed by atoms with E-state index in [1.807, 2.05) is 6.92 Å². The molecular formula is C15H18N4O4S2. The molecule has 25 heavy (non-hydrogen) atoms. The maximum absolute atomic E-state index is 12.7. The molecule has 1 aliphatic heterocycles. The van der Waals surface area contributed by atoms with E-state index in [-0.39, 0.29) is 17.1 Å². The Bertz CT molecular complexity index is 964. The summed E-state index contributed by atoms with van der Waals surface area (Å²) >= 11 is 1.44. The fourth-order valence-electron chi connectivity index (χ4n) is 2.89. The molecule has 0 aliphatic carbocycles. The third-order valence-corrected chi connectivity index (χ3v) is 6.67. The Kier molecular flexibility index (Phi) is 4.74. The van der Waals surface area contributed by atoms with Crippen molar-refractivity contribution in [3.05, 3.63) is 32.5 Å². The van der Waals surface area contributed by atoms with Gasteiger partial charge in [-0.05, 0) is 20.3 Å². The van der Waals surface area contributed by atoms with Crippen molar-refractivity contribution in [1.29, 1.82) is 0 Å². The average Bonchev–Trinajstić information content (AvgIpc) is 3.13. The van der Waals surface area contributed by atoms with Gasteiger partial charge in [-0.15, -0.1) is 11.3 Å². The molecule has 1 N–H and O–H groups in total. The first-order valence-electron chi connectivity index (χ1n) is 7.84. The van der Waals surface area contributed by atoms with Crippen molar-refractivity contribution < 1.29 is 13.2 Å². The number of aromatic nitrogens is 3. The number of aryl methyl sites for hydroxylation is 1. The number of amides is 1. The molecule has 1 amide bonds. The second-order valence-corrected chi connectivity index (χ2v) is 9.17. The number of thiazole rings is 1. The van der Waals surface area contributed by atoms with Crippen LogP contribution in [0.5, 0.6) is 0 Å². The Balaban J connectivity index is 1.87. The molecule has 1 aliphatic rings. The van der Waals surface area contributed by atoms with Crippen molar-refractivity contribution in [2.45, 2.75) is 26.3 Å². The summed E-state index contributed by atoms with van der Waals surface area (Å²) in [7, 11) is -3.12. The summed E-state index contributed by atoms with van der Waals surface area (Å²) < 4.78 is 23.3. The van der Waals surface area contributed by atoms with Gasteiger partial charge in [-0.1, -0.05) is 0 Å². The zero-order valence-corrected chi connectivity index (χ0v) is 15.5. The number of rotatable bonds is 4. The number of nitrogens with zero attached hydrogens (tertiary/aromatic N) is 3. The van der Waals surface area contributed by atoms with Gasteiger partial charge in [-0.25, -0.2) is 18.4 Å². The summed E-state index contributed by atoms with van der Waals surface area (Å²) in [5.74, 6) is -0.191. The van der Waals surface area contributed by atoms with E-state index < -0.39 is 27.3 Å². The van der Waals surface area contributed by atoms with E-state index in [1.165, 1.54) is 22.4 Å². The maximum atomic E-state index is 12.7. The van der Waals surface area contributed by atoms with Gasteiger partial charge in [0.25, 0.3) is 11.5 Å². The molecule has 3 rings (SSSR count). The predicted octanol–water partition coefficient (Wildman–Crippen LogP) is 0.851. The lowest BCUT2D eigenvalue weighted by atomic mass is 10.2. The zero-order chi connectivity index (χ0) is 18.2. The van der Waals surface area contributed by atoms with Crippen LogP contribution in [0.3, 0.4) is 0 Å². The van der Waals surface area contributed by atoms with E-state index in [1.54, 1.807) is 12.3 Å². The smallest absolute Gasteiger partial charge is 0.264 e. The van der Waals surface area contributed by atoms with Crippen LogP contribution in [0.2, 0.25) is 0 Å². The molecule has 1 saturated heterocycles. The second-order valence-electron chi connectivity index (χ2n) is 5.87. The van der Waals surface area contributed by atoms with Crippen LogP contribution in [0.1, 0.15) is 28.7 Å². The molecular weight excluding hydrogens is 364 g/mol. The summed E-state index contributed by atoms with van der Waals surface area (Å²) in [6, 6.07) is -0.400. The minimum Gasteiger partial charge on any atom is -0.335 e. The molecule has 3 heterocycles. The molecule has 0 bridgehead atoms. The number of carbonyl (C=O) groups excluding carboxylic acids is 1. The number of aromatic amines is 1. The second kappa shape index (κ2) is 6.68. The summed E-state index contributed by atoms with van der Waals surface area (Å²) in [5.41, 5.74) is -0.102. The number of nitrogens with one attached hydrogen (secondary N) is 1. The summed E-state index contributed by atoms with van der Waals surface area (Å²) in [6.45, 7) is 3.93. The molecule has 2 aromatic rings. The number of carbonyl (C=O) groups is 1. The van der Waals surface area contributed by atoms with E-state index >= 15 is 0 Å². The van der Waals surface area contributed by atoms with Gasteiger partial charge in [0.2, 0.25) is 0 Å². The molecule has 1 atom stereocenters. The summed E-state index contributed by atoms with van der Waals surface area (Å²) in [5, 5.41) is 2.62. The number of sulfone groups is 1. The number of H-pyrrole nitrogens is 1. The molecule has 134 valence electrons. The minimum absolute atomic E-state index is 0.0614. The highest BCUT2D eigenvalue weighted by molar-refractivity contribution is 7.91. The van der Waals surface area contributed by atoms with Crippen molar-refractivity contribution in [2.24, 2.45) is 0 Å². The van der Waals surface area contributed by atoms with Crippen molar-refractivity contribution in [2.75, 3.05) is 18.1 Å². The van der Waals surface area contributed by atoms with Crippen molar-refractivity contribution in [3.8, 4) is 11.5 Å². The van der Waals surface area contributed by atoms with Gasteiger partial charge in [0.1, 0.15) is 11.3 Å². The number of hydrogen-bond donors (Lipinski definition) is 1. The Labute approximate surface area is 148 Å². The van der Waals surface area contributed by atoms with Crippen LogP contribution < -0.4 is 5.56 Å². The fraction of sp³-hybridized carbons (Fsp3) is 0.467. The van der Waals surface area contributed by atoms with E-state index in [4.69, 9.17) is 0 Å². The van der Waals surface area contributed by atoms with Gasteiger partial charge in [0, 0.05) is 24.2 Å². The van der Waals surface area contributed by atoms with Gasteiger partial charge < -0.3 is 9.88 Å². The van der Waals surface area contributed by atoms with Crippen LogP contribution in [0.25, 0.3) is 11.5 Å². The Hall–Kier alpha value is -2.07. The first-order chi connectivity index (χ1) is 11.8. The Morgan fingerprint density at radius 2 is 2.24 bits per heavy atom. The third-order valence-electron chi connectivity index (χ3n) is 4.14. The van der Waals surface area contributed by atoms with Crippen LogP contribution in [0.15, 0.2) is 16.4 Å². The molecule has 0 saturated carbocycles. The highest BCUT2D eigenvalue weighted by Gasteiger charge is 2.35. The Morgan fingerprint density at radius 3 is 2.76 bits per heavy atom. The minimum atomic E-state index is -3.12. The van der Waals surface area contributed by atoms with Gasteiger partial charge in [0.15, 0.2) is 15.7 Å². The van der Waals surface area contributed by atoms with Gasteiger partial charge >= 0.3 is 0 Å². The summed E-state index contributed by atoms with van der Waals surface area (Å²) in [6.07, 6.45) is 1.63. The van der Waals surface area contributed by atoms with Gasteiger partial charge in [0.05, 0.1) is 16.5 Å². The highest BCUT2D eigenvalue weighted by atomic mass is 32.2. The standard InChI is InChI=1S/C15H18N4O4S2/c1-3-19(10-4-5-25(22,23)8-10)15(21)11-6-16-13(18-14(11)20)12-7-24-9(2)17-12/h6-7,10H,3-5,8H2,1-2H3,(H,16,18,20). The van der Waals surface area contributed by atoms with Crippen LogP contribution in [0, 0.1) is 6.92 Å². The molecule has 1 unspecified atom stereocenters. The lowest BCUT2D eigenvalue weighted by Gasteiger charge is -2.26. The van der Waals surface area contributed by atoms with E-state index in [9.17, 15) is 18.0 Å². The molecule has 10 heteroatoms. The first kappa shape index (κ1) is 17.7.